The molecule has 1 aliphatic heterocycles. The van der Waals surface area contributed by atoms with Crippen molar-refractivity contribution in [3.63, 3.8) is 0 Å². The van der Waals surface area contributed by atoms with Gasteiger partial charge in [0, 0.05) is 11.5 Å². The van der Waals surface area contributed by atoms with Crippen LogP contribution < -0.4 is 4.72 Å². The lowest BCUT2D eigenvalue weighted by molar-refractivity contribution is -0.114. The molecule has 1 amide bonds. The zero-order chi connectivity index (χ0) is 12.0. The van der Waals surface area contributed by atoms with Gasteiger partial charge in [-0.15, -0.1) is 0 Å². The van der Waals surface area contributed by atoms with Crippen LogP contribution in [-0.2, 0) is 15.8 Å². The molecular formula is C9H5ClN4O2S. The lowest BCUT2D eigenvalue weighted by atomic mass is 10.3. The Hall–Kier alpha value is -1.73. The van der Waals surface area contributed by atoms with E-state index < -0.39 is 16.9 Å². The van der Waals surface area contributed by atoms with Gasteiger partial charge in [0.1, 0.15) is 5.15 Å². The topological polar surface area (TPSA) is 76.9 Å². The first-order chi connectivity index (χ1) is 8.15. The van der Waals surface area contributed by atoms with Crippen molar-refractivity contribution in [1.82, 2.24) is 19.5 Å². The highest BCUT2D eigenvalue weighted by Gasteiger charge is 2.23. The molecule has 86 valence electrons. The monoisotopic (exact) mass is 268 g/mol. The number of aromatic nitrogens is 3. The van der Waals surface area contributed by atoms with Gasteiger partial charge in [0.25, 0.3) is 5.91 Å². The predicted molar refractivity (Wildman–Crippen MR) is 63.1 cm³/mol. The quantitative estimate of drug-likeness (QED) is 0.772. The predicted octanol–water partition coefficient (Wildman–Crippen LogP) is 0.677. The Balaban J connectivity index is 2.22. The molecule has 1 unspecified atom stereocenters. The summed E-state index contributed by atoms with van der Waals surface area (Å²) >= 11 is 5.75. The van der Waals surface area contributed by atoms with Crippen molar-refractivity contribution in [1.29, 1.82) is 0 Å². The van der Waals surface area contributed by atoms with Crippen molar-refractivity contribution in [2.45, 2.75) is 0 Å². The van der Waals surface area contributed by atoms with Crippen molar-refractivity contribution < 1.29 is 9.00 Å². The van der Waals surface area contributed by atoms with E-state index in [4.69, 9.17) is 11.6 Å². The van der Waals surface area contributed by atoms with E-state index in [0.717, 1.165) is 5.39 Å². The standard InChI is InChI=1S/C9H5ClN4O2S/c10-7-1-5-3-12-14(6(5)4-11-7)9-2-8(15)13-17(9)16/h1-4H,(H,13,15). The maximum absolute atomic E-state index is 11.6. The molecular weight excluding hydrogens is 264 g/mol. The first-order valence-corrected chi connectivity index (χ1v) is 6.12. The van der Waals surface area contributed by atoms with Gasteiger partial charge in [-0.25, -0.2) is 13.9 Å². The van der Waals surface area contributed by atoms with Crippen LogP contribution in [-0.4, -0.2) is 24.9 Å². The molecule has 0 saturated carbocycles. The van der Waals surface area contributed by atoms with E-state index in [1.54, 1.807) is 12.3 Å². The van der Waals surface area contributed by atoms with Crippen molar-refractivity contribution in [2.24, 2.45) is 0 Å². The van der Waals surface area contributed by atoms with E-state index in [-0.39, 0.29) is 5.03 Å². The number of nitrogens with zero attached hydrogens (tertiary/aromatic N) is 3. The summed E-state index contributed by atoms with van der Waals surface area (Å²) in [5, 5.41) is 5.47. The third kappa shape index (κ3) is 1.63. The number of nitrogens with one attached hydrogen (secondary N) is 1. The average Bonchev–Trinajstić information content (AvgIpc) is 2.81. The molecule has 0 spiro atoms. The molecule has 17 heavy (non-hydrogen) atoms. The van der Waals surface area contributed by atoms with Crippen LogP contribution >= 0.6 is 11.6 Å². The molecule has 0 radical (unpaired) electrons. The molecule has 0 aliphatic carbocycles. The van der Waals surface area contributed by atoms with Gasteiger partial charge in [-0.1, -0.05) is 11.6 Å². The largest absolute Gasteiger partial charge is 0.269 e. The molecule has 1 N–H and O–H groups in total. The summed E-state index contributed by atoms with van der Waals surface area (Å²) < 4.78 is 15.3. The molecule has 8 heteroatoms. The molecule has 0 saturated heterocycles. The number of fused-ring (bicyclic) bond motifs is 1. The van der Waals surface area contributed by atoms with Crippen LogP contribution in [0.25, 0.3) is 15.9 Å². The number of carbonyl (C=O) groups is 1. The third-order valence-corrected chi connectivity index (χ3v) is 3.53. The summed E-state index contributed by atoms with van der Waals surface area (Å²) in [6, 6.07) is 1.65. The van der Waals surface area contributed by atoms with Gasteiger partial charge >= 0.3 is 0 Å². The maximum Gasteiger partial charge on any atom is 0.258 e. The second kappa shape index (κ2) is 3.64. The van der Waals surface area contributed by atoms with E-state index in [1.165, 1.54) is 17.0 Å². The smallest absolute Gasteiger partial charge is 0.258 e. The van der Waals surface area contributed by atoms with Crippen molar-refractivity contribution in [3.8, 4) is 0 Å². The zero-order valence-electron chi connectivity index (χ0n) is 8.25. The Kier molecular flexibility index (Phi) is 2.23. The first kappa shape index (κ1) is 10.4. The lowest BCUT2D eigenvalue weighted by Gasteiger charge is -2.01. The van der Waals surface area contributed by atoms with E-state index in [1.807, 2.05) is 0 Å². The number of pyridine rings is 1. The van der Waals surface area contributed by atoms with Gasteiger partial charge in [-0.05, 0) is 6.07 Å². The lowest BCUT2D eigenvalue weighted by Crippen LogP contribution is -2.17. The third-order valence-electron chi connectivity index (χ3n) is 2.27. The number of carbonyl (C=O) groups excluding carboxylic acids is 1. The minimum atomic E-state index is -1.58. The molecule has 0 fully saturated rings. The van der Waals surface area contributed by atoms with Crippen LogP contribution in [0.2, 0.25) is 5.15 Å². The Morgan fingerprint density at radius 3 is 2.94 bits per heavy atom. The summed E-state index contributed by atoms with van der Waals surface area (Å²) in [7, 11) is -1.58. The summed E-state index contributed by atoms with van der Waals surface area (Å²) in [6.45, 7) is 0. The molecule has 2 aromatic rings. The van der Waals surface area contributed by atoms with Gasteiger partial charge in [0.2, 0.25) is 0 Å². The Morgan fingerprint density at radius 2 is 2.24 bits per heavy atom. The van der Waals surface area contributed by atoms with Crippen LogP contribution in [0.1, 0.15) is 0 Å². The maximum atomic E-state index is 11.6. The summed E-state index contributed by atoms with van der Waals surface area (Å²) in [6.07, 6.45) is 4.34. The van der Waals surface area contributed by atoms with E-state index in [0.29, 0.717) is 10.7 Å². The Bertz CT molecular complexity index is 693. The highest BCUT2D eigenvalue weighted by atomic mass is 35.5. The second-order valence-electron chi connectivity index (χ2n) is 3.34. The molecule has 3 heterocycles. The first-order valence-electron chi connectivity index (χ1n) is 4.59. The number of hydrogen-bond donors (Lipinski definition) is 1. The minimum Gasteiger partial charge on any atom is -0.269 e. The molecule has 0 bridgehead atoms. The average molecular weight is 269 g/mol. The van der Waals surface area contributed by atoms with Crippen molar-refractivity contribution >= 4 is 44.4 Å². The summed E-state index contributed by atoms with van der Waals surface area (Å²) in [4.78, 5) is 15.0. The molecule has 1 aliphatic rings. The summed E-state index contributed by atoms with van der Waals surface area (Å²) in [5.41, 5.74) is 0.644. The molecule has 2 aromatic heterocycles. The van der Waals surface area contributed by atoms with Crippen LogP contribution in [0, 0.1) is 0 Å². The second-order valence-corrected chi connectivity index (χ2v) is 4.89. The van der Waals surface area contributed by atoms with Crippen LogP contribution in [0.15, 0.2) is 24.5 Å². The SMILES string of the molecule is O=C1C=C(n2ncc3cc(Cl)ncc32)S(=O)N1. The highest BCUT2D eigenvalue weighted by Crippen LogP contribution is 2.22. The van der Waals surface area contributed by atoms with Gasteiger partial charge in [-0.3, -0.25) is 9.52 Å². The molecule has 6 nitrogen and oxygen atoms in total. The molecule has 3 rings (SSSR count). The normalized spacial score (nSPS) is 19.5. The van der Waals surface area contributed by atoms with Gasteiger partial charge in [0.15, 0.2) is 16.0 Å². The fourth-order valence-corrected chi connectivity index (χ4v) is 2.58. The van der Waals surface area contributed by atoms with Gasteiger partial charge in [-0.2, -0.15) is 5.10 Å². The van der Waals surface area contributed by atoms with Crippen LogP contribution in [0.4, 0.5) is 0 Å². The number of amides is 1. The van der Waals surface area contributed by atoms with E-state index in [2.05, 4.69) is 14.8 Å². The number of halogens is 1. The number of hydrogen-bond acceptors (Lipinski definition) is 4. The van der Waals surface area contributed by atoms with Crippen LogP contribution in [0.5, 0.6) is 0 Å². The van der Waals surface area contributed by atoms with E-state index >= 15 is 0 Å². The number of rotatable bonds is 1. The van der Waals surface area contributed by atoms with Gasteiger partial charge < -0.3 is 0 Å². The Morgan fingerprint density at radius 1 is 1.41 bits per heavy atom. The summed E-state index contributed by atoms with van der Waals surface area (Å²) in [5.74, 6) is -0.399. The van der Waals surface area contributed by atoms with E-state index in [9.17, 15) is 9.00 Å². The minimum absolute atomic E-state index is 0.286. The zero-order valence-corrected chi connectivity index (χ0v) is 9.83. The van der Waals surface area contributed by atoms with Crippen LogP contribution in [0.3, 0.4) is 0 Å². The fourth-order valence-electron chi connectivity index (χ4n) is 1.55. The Labute approximate surface area is 103 Å². The molecule has 1 atom stereocenters. The van der Waals surface area contributed by atoms with Crippen molar-refractivity contribution in [3.05, 3.63) is 29.7 Å². The molecule has 0 aromatic carbocycles. The van der Waals surface area contributed by atoms with Crippen molar-refractivity contribution in [2.75, 3.05) is 0 Å². The van der Waals surface area contributed by atoms with Gasteiger partial charge in [0.05, 0.1) is 17.9 Å². The highest BCUT2D eigenvalue weighted by molar-refractivity contribution is 7.93. The fraction of sp³-hybridized carbons (Fsp3) is 0.